The molecule has 1 aromatic heterocycles. The quantitative estimate of drug-likeness (QED) is 0.193. The highest BCUT2D eigenvalue weighted by atomic mass is 19.4. The van der Waals surface area contributed by atoms with Crippen molar-refractivity contribution in [3.8, 4) is 0 Å². The van der Waals surface area contributed by atoms with Gasteiger partial charge < -0.3 is 9.47 Å². The number of piperidine rings is 1. The second-order valence-electron chi connectivity index (χ2n) is 12.4. The highest BCUT2D eigenvalue weighted by Crippen LogP contribution is 2.50. The van der Waals surface area contributed by atoms with Crippen molar-refractivity contribution < 1.29 is 35.8 Å². The Morgan fingerprint density at radius 2 is 1.51 bits per heavy atom. The van der Waals surface area contributed by atoms with Crippen LogP contribution in [0.4, 0.5) is 26.3 Å². The molecule has 47 heavy (non-hydrogen) atoms. The summed E-state index contributed by atoms with van der Waals surface area (Å²) in [6.07, 6.45) is -10.9. The number of nitrogens with zero attached hydrogens (tertiary/aromatic N) is 3. The lowest BCUT2D eigenvalue weighted by Gasteiger charge is -2.58. The number of aromatic nitrogens is 3. The molecule has 13 heteroatoms. The van der Waals surface area contributed by atoms with Gasteiger partial charge in [0, 0.05) is 6.54 Å². The van der Waals surface area contributed by atoms with Crippen molar-refractivity contribution >= 4 is 0 Å². The number of hydrogen-bond acceptors (Lipinski definition) is 5. The molecule has 0 spiro atoms. The lowest BCUT2D eigenvalue weighted by atomic mass is 9.70. The van der Waals surface area contributed by atoms with E-state index in [0.29, 0.717) is 44.0 Å². The molecule has 5 atom stereocenters. The Balaban J connectivity index is 1.35. The van der Waals surface area contributed by atoms with Crippen LogP contribution >= 0.6 is 0 Å². The van der Waals surface area contributed by atoms with E-state index >= 15 is 0 Å². The molecule has 4 aromatic rings. The van der Waals surface area contributed by atoms with Gasteiger partial charge in [0.05, 0.1) is 54.2 Å². The molecule has 7 nitrogen and oxygen atoms in total. The maximum atomic E-state index is 13.7. The normalized spacial score (nSPS) is 24.0. The van der Waals surface area contributed by atoms with E-state index in [1.807, 2.05) is 60.7 Å². The monoisotopic (exact) mass is 660 g/mol. The van der Waals surface area contributed by atoms with Gasteiger partial charge in [0.25, 0.3) is 0 Å². The van der Waals surface area contributed by atoms with Crippen molar-refractivity contribution in [2.75, 3.05) is 13.2 Å². The third kappa shape index (κ3) is 6.23. The Labute approximate surface area is 267 Å². The summed E-state index contributed by atoms with van der Waals surface area (Å²) in [7, 11) is 0. The maximum Gasteiger partial charge on any atom is 0.416 e. The number of fused-ring (bicyclic) bond motifs is 4. The van der Waals surface area contributed by atoms with Crippen LogP contribution < -0.4 is 5.69 Å². The first-order valence-electron chi connectivity index (χ1n) is 15.3. The van der Waals surface area contributed by atoms with Crippen molar-refractivity contribution in [3.63, 3.8) is 0 Å². The van der Waals surface area contributed by atoms with Crippen LogP contribution in [0.15, 0.2) is 83.7 Å². The number of ether oxygens (including phenoxy) is 2. The van der Waals surface area contributed by atoms with Crippen LogP contribution in [0.2, 0.25) is 0 Å². The van der Waals surface area contributed by atoms with Gasteiger partial charge in [0.2, 0.25) is 0 Å². The largest absolute Gasteiger partial charge is 0.416 e. The van der Waals surface area contributed by atoms with E-state index < -0.39 is 46.8 Å². The standard InChI is InChI=1S/C34H34F6N4O3/c1-22(25-15-27(33(35,36)37)17-28(16-25)34(38,39)40)47-23(2)32(26-11-7-4-8-12-26)14-13-31(21-46-19-24-9-5-3-6-10-24)20-43(32)18-29-41-42-30(45)44(29)31/h3-12,15-17,22-23H,13-14,18-21H2,1-2H3,(H,42,45)/t22-,23?,31-,32-/m1/s1. The van der Waals surface area contributed by atoms with E-state index in [1.165, 1.54) is 6.92 Å². The van der Waals surface area contributed by atoms with Crippen LogP contribution in [-0.4, -0.2) is 38.9 Å². The van der Waals surface area contributed by atoms with Crippen molar-refractivity contribution in [2.45, 2.75) is 75.5 Å². The minimum absolute atomic E-state index is 0.114. The van der Waals surface area contributed by atoms with Crippen molar-refractivity contribution in [2.24, 2.45) is 0 Å². The van der Waals surface area contributed by atoms with Crippen LogP contribution in [0.1, 0.15) is 66.4 Å². The van der Waals surface area contributed by atoms with Gasteiger partial charge in [0.1, 0.15) is 5.82 Å². The number of alkyl halides is 6. The Morgan fingerprint density at radius 1 is 0.894 bits per heavy atom. The number of aromatic amines is 1. The van der Waals surface area contributed by atoms with Gasteiger partial charge in [-0.3, -0.25) is 9.47 Å². The molecular weight excluding hydrogens is 626 g/mol. The molecular formula is C34H34F6N4O3. The van der Waals surface area contributed by atoms with Crippen molar-refractivity contribution in [1.29, 1.82) is 0 Å². The van der Waals surface area contributed by atoms with Crippen LogP contribution in [0.3, 0.4) is 0 Å². The SMILES string of the molecule is CC(O[C@H](C)c1cc(C(F)(F)F)cc(C(F)(F)F)c1)[C@@]1(c2ccccc2)CC[C@]2(COCc3ccccc3)CN1Cc1n[nH]c(=O)n12. The summed E-state index contributed by atoms with van der Waals surface area (Å²) in [5.74, 6) is 0.498. The van der Waals surface area contributed by atoms with Gasteiger partial charge in [0.15, 0.2) is 0 Å². The summed E-state index contributed by atoms with van der Waals surface area (Å²) in [4.78, 5) is 15.2. The molecule has 2 aliphatic rings. The Bertz CT molecular complexity index is 1730. The summed E-state index contributed by atoms with van der Waals surface area (Å²) < 4.78 is 96.3. The number of hydrogen-bond donors (Lipinski definition) is 1. The zero-order valence-electron chi connectivity index (χ0n) is 25.7. The molecule has 1 saturated heterocycles. The average molecular weight is 661 g/mol. The van der Waals surface area contributed by atoms with Gasteiger partial charge in [-0.25, -0.2) is 9.89 Å². The molecule has 2 unspecified atom stereocenters. The molecule has 0 aliphatic carbocycles. The number of halogens is 6. The minimum Gasteiger partial charge on any atom is -0.374 e. The third-order valence-electron chi connectivity index (χ3n) is 9.49. The predicted octanol–water partition coefficient (Wildman–Crippen LogP) is 7.19. The van der Waals surface area contributed by atoms with Crippen molar-refractivity contribution in [3.05, 3.63) is 123 Å². The van der Waals surface area contributed by atoms with Gasteiger partial charge >= 0.3 is 18.0 Å². The van der Waals surface area contributed by atoms with Crippen molar-refractivity contribution in [1.82, 2.24) is 19.7 Å². The fourth-order valence-corrected chi connectivity index (χ4v) is 7.21. The first-order chi connectivity index (χ1) is 22.2. The first kappa shape index (κ1) is 33.0. The van der Waals surface area contributed by atoms with E-state index in [2.05, 4.69) is 15.1 Å². The summed E-state index contributed by atoms with van der Waals surface area (Å²) >= 11 is 0. The Kier molecular flexibility index (Phi) is 8.60. The lowest BCUT2D eigenvalue weighted by Crippen LogP contribution is -2.68. The van der Waals surface area contributed by atoms with Crippen LogP contribution in [0, 0.1) is 0 Å². The molecule has 1 N–H and O–H groups in total. The molecule has 3 aromatic carbocycles. The second-order valence-corrected chi connectivity index (χ2v) is 12.4. The van der Waals surface area contributed by atoms with Crippen LogP contribution in [-0.2, 0) is 46.1 Å². The zero-order chi connectivity index (χ0) is 33.6. The highest BCUT2D eigenvalue weighted by molar-refractivity contribution is 5.35. The fraction of sp³-hybridized carbons (Fsp3) is 0.412. The van der Waals surface area contributed by atoms with Crippen LogP contribution in [0.25, 0.3) is 0 Å². The van der Waals surface area contributed by atoms with E-state index in [-0.39, 0.29) is 30.5 Å². The lowest BCUT2D eigenvalue weighted by molar-refractivity contribution is -0.158. The molecule has 0 radical (unpaired) electrons. The van der Waals surface area contributed by atoms with E-state index in [9.17, 15) is 31.1 Å². The highest BCUT2D eigenvalue weighted by Gasteiger charge is 2.56. The summed E-state index contributed by atoms with van der Waals surface area (Å²) in [6.45, 7) is 4.41. The molecule has 6 rings (SSSR count). The predicted molar refractivity (Wildman–Crippen MR) is 160 cm³/mol. The molecule has 1 fully saturated rings. The zero-order valence-corrected chi connectivity index (χ0v) is 25.7. The second kappa shape index (κ2) is 12.3. The summed E-state index contributed by atoms with van der Waals surface area (Å²) in [6, 6.07) is 20.6. The molecule has 2 bridgehead atoms. The molecule has 0 amide bonds. The van der Waals surface area contributed by atoms with Gasteiger partial charge in [-0.1, -0.05) is 60.7 Å². The molecule has 250 valence electrons. The van der Waals surface area contributed by atoms with E-state index in [1.54, 1.807) is 11.5 Å². The molecule has 3 heterocycles. The topological polar surface area (TPSA) is 72.4 Å². The molecule has 0 saturated carbocycles. The van der Waals surface area contributed by atoms with Gasteiger partial charge in [-0.15, -0.1) is 0 Å². The minimum atomic E-state index is -4.98. The van der Waals surface area contributed by atoms with E-state index in [0.717, 1.165) is 11.1 Å². The van der Waals surface area contributed by atoms with E-state index in [4.69, 9.17) is 9.47 Å². The van der Waals surface area contributed by atoms with Crippen LogP contribution in [0.5, 0.6) is 0 Å². The van der Waals surface area contributed by atoms with Gasteiger partial charge in [-0.2, -0.15) is 31.4 Å². The smallest absolute Gasteiger partial charge is 0.374 e. The number of nitrogens with one attached hydrogen (secondary N) is 1. The third-order valence-corrected chi connectivity index (χ3v) is 9.49. The Morgan fingerprint density at radius 3 is 2.13 bits per heavy atom. The van der Waals surface area contributed by atoms with Gasteiger partial charge in [-0.05, 0) is 61.6 Å². The summed E-state index contributed by atoms with van der Waals surface area (Å²) in [5, 5.41) is 6.89. The summed E-state index contributed by atoms with van der Waals surface area (Å²) in [5.41, 5.74) is -3.18. The fourth-order valence-electron chi connectivity index (χ4n) is 7.21. The maximum absolute atomic E-state index is 13.7. The number of benzene rings is 3. The Hall–Kier alpha value is -3.94. The molecule has 2 aliphatic heterocycles. The average Bonchev–Trinajstić information content (AvgIpc) is 3.42. The first-order valence-corrected chi connectivity index (χ1v) is 15.3. The number of H-pyrrole nitrogens is 1. The number of rotatable bonds is 9.